The Morgan fingerprint density at radius 1 is 0.967 bits per heavy atom. The van der Waals surface area contributed by atoms with Crippen LogP contribution >= 0.6 is 0 Å². The average Bonchev–Trinajstić information content (AvgIpc) is 2.76. The summed E-state index contributed by atoms with van der Waals surface area (Å²) >= 11 is 0. The Labute approximate surface area is 174 Å². The van der Waals surface area contributed by atoms with Crippen LogP contribution in [0.15, 0.2) is 66.5 Å². The van der Waals surface area contributed by atoms with Crippen molar-refractivity contribution in [2.75, 3.05) is 20.8 Å². The lowest BCUT2D eigenvalue weighted by atomic mass is 10.1. The van der Waals surface area contributed by atoms with Crippen LogP contribution in [-0.4, -0.2) is 42.8 Å². The van der Waals surface area contributed by atoms with Crippen molar-refractivity contribution in [1.82, 2.24) is 0 Å². The van der Waals surface area contributed by atoms with E-state index in [0.717, 1.165) is 11.6 Å². The number of aliphatic hydroxyl groups excluding tert-OH is 1. The number of carbonyl (C=O) groups is 2. The van der Waals surface area contributed by atoms with Gasteiger partial charge >= 0.3 is 5.97 Å². The number of carbonyl (C=O) groups excluding carboxylic acids is 2. The Bertz CT molecular complexity index is 970. The first-order chi connectivity index (χ1) is 14.4. The number of hydrogen-bond donors (Lipinski definition) is 2. The summed E-state index contributed by atoms with van der Waals surface area (Å²) in [4.78, 5) is 23.0. The first-order valence-corrected chi connectivity index (χ1v) is 8.88. The summed E-state index contributed by atoms with van der Waals surface area (Å²) in [6.45, 7) is -0.182. The van der Waals surface area contributed by atoms with Gasteiger partial charge in [0.2, 0.25) is 0 Å². The summed E-state index contributed by atoms with van der Waals surface area (Å²) in [7, 11) is 2.72. The van der Waals surface area contributed by atoms with Crippen LogP contribution in [0, 0.1) is 0 Å². The zero-order valence-electron chi connectivity index (χ0n) is 16.6. The topological polar surface area (TPSA) is 102 Å². The molecule has 0 heterocycles. The van der Waals surface area contributed by atoms with Crippen LogP contribution < -0.4 is 9.47 Å². The molecule has 0 aliphatic carbocycles. The van der Waals surface area contributed by atoms with Crippen molar-refractivity contribution in [3.05, 3.63) is 77.6 Å². The molecule has 0 atom stereocenters. The molecule has 0 aliphatic heterocycles. The lowest BCUT2D eigenvalue weighted by Gasteiger charge is -2.04. The summed E-state index contributed by atoms with van der Waals surface area (Å²) in [5.74, 6) is -0.277. The van der Waals surface area contributed by atoms with E-state index in [1.165, 1.54) is 32.4 Å². The number of rotatable bonds is 9. The number of allylic oxidation sites excluding steroid dienone is 3. The maximum atomic E-state index is 12.0. The number of ether oxygens (including phenoxy) is 3. The highest BCUT2D eigenvalue weighted by Gasteiger charge is 2.02. The highest BCUT2D eigenvalue weighted by Crippen LogP contribution is 2.26. The second-order valence-corrected chi connectivity index (χ2v) is 6.00. The Kier molecular flexibility index (Phi) is 8.26. The molecular formula is C23H22O7. The summed E-state index contributed by atoms with van der Waals surface area (Å²) in [5.41, 5.74) is 1.43. The minimum Gasteiger partial charge on any atom is -0.508 e. The van der Waals surface area contributed by atoms with Gasteiger partial charge in [-0.25, -0.2) is 4.79 Å². The van der Waals surface area contributed by atoms with Crippen molar-refractivity contribution < 1.29 is 34.0 Å². The van der Waals surface area contributed by atoms with E-state index in [2.05, 4.69) is 4.74 Å². The highest BCUT2D eigenvalue weighted by molar-refractivity contribution is 6.02. The number of hydrogen-bond acceptors (Lipinski definition) is 7. The second-order valence-electron chi connectivity index (χ2n) is 6.00. The minimum atomic E-state index is -0.477. The van der Waals surface area contributed by atoms with Gasteiger partial charge in [-0.1, -0.05) is 30.4 Å². The molecule has 0 bridgehead atoms. The van der Waals surface area contributed by atoms with Gasteiger partial charge in [0.1, 0.15) is 11.5 Å². The van der Waals surface area contributed by atoms with Crippen LogP contribution in [0.3, 0.4) is 0 Å². The SMILES string of the molecule is COC(=O)COc1ccc(/C=C/C(=O)C=C(O)/C=C/c2ccc(O)c(OC)c2)cc1. The molecule has 2 aromatic rings. The molecule has 30 heavy (non-hydrogen) atoms. The number of phenolic OH excluding ortho intramolecular Hbond substituents is 1. The first kappa shape index (κ1) is 22.3. The maximum Gasteiger partial charge on any atom is 0.343 e. The second kappa shape index (κ2) is 11.1. The number of esters is 1. The van der Waals surface area contributed by atoms with Crippen molar-refractivity contribution in [3.63, 3.8) is 0 Å². The fraction of sp³-hybridized carbons (Fsp3) is 0.130. The first-order valence-electron chi connectivity index (χ1n) is 8.88. The quantitative estimate of drug-likeness (QED) is 0.281. The maximum absolute atomic E-state index is 12.0. The number of aromatic hydroxyl groups is 1. The predicted molar refractivity (Wildman–Crippen MR) is 112 cm³/mol. The molecule has 0 aliphatic rings. The van der Waals surface area contributed by atoms with E-state index in [1.54, 1.807) is 48.6 Å². The molecule has 0 unspecified atom stereocenters. The Balaban J connectivity index is 1.94. The van der Waals surface area contributed by atoms with Crippen LogP contribution in [0.4, 0.5) is 0 Å². The third-order valence-corrected chi connectivity index (χ3v) is 3.84. The molecule has 7 nitrogen and oxygen atoms in total. The molecular weight excluding hydrogens is 388 g/mol. The summed E-state index contributed by atoms with van der Waals surface area (Å²) in [6, 6.07) is 11.5. The zero-order chi connectivity index (χ0) is 21.9. The zero-order valence-corrected chi connectivity index (χ0v) is 16.6. The van der Waals surface area contributed by atoms with E-state index in [9.17, 15) is 19.8 Å². The molecule has 7 heteroatoms. The molecule has 0 saturated heterocycles. The Morgan fingerprint density at radius 3 is 2.30 bits per heavy atom. The van der Waals surface area contributed by atoms with Gasteiger partial charge < -0.3 is 24.4 Å². The van der Waals surface area contributed by atoms with Gasteiger partial charge in [0.25, 0.3) is 0 Å². The van der Waals surface area contributed by atoms with Gasteiger partial charge in [-0.05, 0) is 47.5 Å². The molecule has 2 N–H and O–H groups in total. The third-order valence-electron chi connectivity index (χ3n) is 3.84. The molecule has 2 rings (SSSR count). The van der Waals surface area contributed by atoms with Gasteiger partial charge in [-0.3, -0.25) is 4.79 Å². The van der Waals surface area contributed by atoms with Gasteiger partial charge in [-0.15, -0.1) is 0 Å². The number of phenols is 1. The number of methoxy groups -OCH3 is 2. The number of ketones is 1. The highest BCUT2D eigenvalue weighted by atomic mass is 16.6. The Hall–Kier alpha value is -4.00. The van der Waals surface area contributed by atoms with Crippen LogP contribution in [0.1, 0.15) is 11.1 Å². The fourth-order valence-electron chi connectivity index (χ4n) is 2.28. The number of benzene rings is 2. The molecule has 0 aromatic heterocycles. The monoisotopic (exact) mass is 410 g/mol. The fourth-order valence-corrected chi connectivity index (χ4v) is 2.28. The van der Waals surface area contributed by atoms with Crippen molar-refractivity contribution >= 4 is 23.9 Å². The van der Waals surface area contributed by atoms with Crippen molar-refractivity contribution in [2.24, 2.45) is 0 Å². The molecule has 2 aromatic carbocycles. The summed E-state index contributed by atoms with van der Waals surface area (Å²) in [5, 5.41) is 19.5. The smallest absolute Gasteiger partial charge is 0.343 e. The van der Waals surface area contributed by atoms with Crippen LogP contribution in [0.25, 0.3) is 12.2 Å². The van der Waals surface area contributed by atoms with Crippen molar-refractivity contribution in [2.45, 2.75) is 0 Å². The normalized spacial score (nSPS) is 11.6. The number of aliphatic hydroxyl groups is 1. The molecule has 0 spiro atoms. The van der Waals surface area contributed by atoms with Crippen LogP contribution in [-0.2, 0) is 14.3 Å². The lowest BCUT2D eigenvalue weighted by molar-refractivity contribution is -0.142. The predicted octanol–water partition coefficient (Wildman–Crippen LogP) is 3.69. The average molecular weight is 410 g/mol. The van der Waals surface area contributed by atoms with Gasteiger partial charge in [0.05, 0.1) is 14.2 Å². The third kappa shape index (κ3) is 7.20. The van der Waals surface area contributed by atoms with Crippen molar-refractivity contribution in [3.8, 4) is 17.2 Å². The van der Waals surface area contributed by atoms with E-state index in [1.807, 2.05) is 0 Å². The standard InChI is InChI=1S/C23H22O7/c1-28-22-13-17(7-12-21(22)26)4-9-19(25)14-18(24)8-3-16-5-10-20(11-6-16)30-15-23(27)29-2/h3-14,25-26H,15H2,1-2H3/b8-3+,9-4+,19-14?. The van der Waals surface area contributed by atoms with E-state index < -0.39 is 11.8 Å². The van der Waals surface area contributed by atoms with Crippen LogP contribution in [0.2, 0.25) is 0 Å². The lowest BCUT2D eigenvalue weighted by Crippen LogP contribution is -2.12. The van der Waals surface area contributed by atoms with Gasteiger partial charge in [0, 0.05) is 6.08 Å². The van der Waals surface area contributed by atoms with E-state index >= 15 is 0 Å². The van der Waals surface area contributed by atoms with E-state index in [-0.39, 0.29) is 18.1 Å². The Morgan fingerprint density at radius 2 is 1.63 bits per heavy atom. The van der Waals surface area contributed by atoms with Gasteiger partial charge in [-0.2, -0.15) is 0 Å². The molecule has 0 fully saturated rings. The largest absolute Gasteiger partial charge is 0.508 e. The summed E-state index contributed by atoms with van der Waals surface area (Å²) in [6.07, 6.45) is 6.93. The molecule has 0 radical (unpaired) electrons. The summed E-state index contributed by atoms with van der Waals surface area (Å²) < 4.78 is 14.7. The van der Waals surface area contributed by atoms with Crippen LogP contribution in [0.5, 0.6) is 17.2 Å². The molecule has 0 amide bonds. The van der Waals surface area contributed by atoms with E-state index in [4.69, 9.17) is 9.47 Å². The van der Waals surface area contributed by atoms with Crippen molar-refractivity contribution in [1.29, 1.82) is 0 Å². The molecule has 0 saturated carbocycles. The van der Waals surface area contributed by atoms with Gasteiger partial charge in [0.15, 0.2) is 23.9 Å². The van der Waals surface area contributed by atoms with E-state index in [0.29, 0.717) is 17.1 Å². The minimum absolute atomic E-state index is 0.0118. The molecule has 156 valence electrons.